The molecule has 1 atom stereocenters. The molecule has 108 valence electrons. The standard InChI is InChI=1S/C15H18ClNO2S/c1-2-13(10-11-16)17-20(18,19)15-9-5-7-12-6-3-4-8-14(12)15/h3-9,13,17H,2,10-11H2,1H3. The molecule has 0 amide bonds. The van der Waals surface area contributed by atoms with Gasteiger partial charge in [-0.1, -0.05) is 43.3 Å². The van der Waals surface area contributed by atoms with Crippen LogP contribution in [0.5, 0.6) is 0 Å². The topological polar surface area (TPSA) is 46.2 Å². The van der Waals surface area contributed by atoms with E-state index in [1.165, 1.54) is 0 Å². The Bertz CT molecular complexity index is 680. The van der Waals surface area contributed by atoms with Crippen molar-refractivity contribution >= 4 is 32.4 Å². The second-order valence-electron chi connectivity index (χ2n) is 4.68. The van der Waals surface area contributed by atoms with Crippen molar-refractivity contribution in [2.45, 2.75) is 30.7 Å². The zero-order valence-corrected chi connectivity index (χ0v) is 12.9. The first-order chi connectivity index (χ1) is 9.58. The van der Waals surface area contributed by atoms with Crippen molar-refractivity contribution in [1.29, 1.82) is 0 Å². The molecule has 5 heteroatoms. The molecule has 0 saturated carbocycles. The van der Waals surface area contributed by atoms with E-state index in [1.807, 2.05) is 37.3 Å². The second kappa shape index (κ2) is 6.57. The van der Waals surface area contributed by atoms with E-state index in [2.05, 4.69) is 4.72 Å². The summed E-state index contributed by atoms with van der Waals surface area (Å²) in [4.78, 5) is 0.323. The fourth-order valence-electron chi connectivity index (χ4n) is 2.19. The highest BCUT2D eigenvalue weighted by Gasteiger charge is 2.20. The predicted octanol–water partition coefficient (Wildman–Crippen LogP) is 3.53. The summed E-state index contributed by atoms with van der Waals surface area (Å²) in [7, 11) is -3.53. The average Bonchev–Trinajstić information content (AvgIpc) is 2.46. The number of halogens is 1. The summed E-state index contributed by atoms with van der Waals surface area (Å²) >= 11 is 5.71. The third kappa shape index (κ3) is 3.32. The largest absolute Gasteiger partial charge is 0.241 e. The van der Waals surface area contributed by atoms with Crippen LogP contribution in [-0.4, -0.2) is 20.3 Å². The van der Waals surface area contributed by atoms with Crippen molar-refractivity contribution < 1.29 is 8.42 Å². The van der Waals surface area contributed by atoms with Crippen LogP contribution < -0.4 is 4.72 Å². The number of alkyl halides is 1. The van der Waals surface area contributed by atoms with E-state index in [0.29, 0.717) is 17.2 Å². The lowest BCUT2D eigenvalue weighted by Crippen LogP contribution is -2.34. The Morgan fingerprint density at radius 3 is 2.55 bits per heavy atom. The molecule has 2 rings (SSSR count). The van der Waals surface area contributed by atoms with Crippen LogP contribution in [-0.2, 0) is 10.0 Å². The summed E-state index contributed by atoms with van der Waals surface area (Å²) in [6, 6.07) is 12.7. The zero-order chi connectivity index (χ0) is 14.6. The lowest BCUT2D eigenvalue weighted by molar-refractivity contribution is 0.532. The summed E-state index contributed by atoms with van der Waals surface area (Å²) in [5.74, 6) is 0.441. The number of rotatable bonds is 6. The van der Waals surface area contributed by atoms with Gasteiger partial charge in [-0.25, -0.2) is 13.1 Å². The first kappa shape index (κ1) is 15.3. The molecular formula is C15H18ClNO2S. The van der Waals surface area contributed by atoms with Gasteiger partial charge < -0.3 is 0 Å². The van der Waals surface area contributed by atoms with Gasteiger partial charge in [-0.05, 0) is 24.3 Å². The van der Waals surface area contributed by atoms with Gasteiger partial charge >= 0.3 is 0 Å². The summed E-state index contributed by atoms with van der Waals surface area (Å²) in [5, 5.41) is 1.66. The van der Waals surface area contributed by atoms with Crippen molar-refractivity contribution in [1.82, 2.24) is 4.72 Å². The van der Waals surface area contributed by atoms with Gasteiger partial charge in [0, 0.05) is 17.3 Å². The van der Waals surface area contributed by atoms with Gasteiger partial charge in [0.2, 0.25) is 10.0 Å². The fourth-order valence-corrected chi connectivity index (χ4v) is 4.04. The van der Waals surface area contributed by atoms with E-state index in [4.69, 9.17) is 11.6 Å². The molecule has 0 fully saturated rings. The molecule has 0 heterocycles. The van der Waals surface area contributed by atoms with Crippen LogP contribution >= 0.6 is 11.6 Å². The Labute approximate surface area is 125 Å². The van der Waals surface area contributed by atoms with Gasteiger partial charge in [-0.2, -0.15) is 0 Å². The highest BCUT2D eigenvalue weighted by molar-refractivity contribution is 7.89. The summed E-state index contributed by atoms with van der Waals surface area (Å²) in [6.45, 7) is 1.95. The van der Waals surface area contributed by atoms with Gasteiger partial charge in [0.1, 0.15) is 0 Å². The molecule has 1 N–H and O–H groups in total. The number of sulfonamides is 1. The lowest BCUT2D eigenvalue weighted by Gasteiger charge is -2.16. The maximum Gasteiger partial charge on any atom is 0.241 e. The highest BCUT2D eigenvalue weighted by atomic mass is 35.5. The first-order valence-electron chi connectivity index (χ1n) is 6.64. The molecule has 3 nitrogen and oxygen atoms in total. The van der Waals surface area contributed by atoms with Gasteiger partial charge in [0.25, 0.3) is 0 Å². The molecular weight excluding hydrogens is 294 g/mol. The Morgan fingerprint density at radius 1 is 1.15 bits per heavy atom. The van der Waals surface area contributed by atoms with Crippen LogP contribution in [0.25, 0.3) is 10.8 Å². The Balaban J connectivity index is 2.41. The molecule has 0 bridgehead atoms. The molecule has 0 aliphatic rings. The molecule has 0 radical (unpaired) electrons. The van der Waals surface area contributed by atoms with E-state index in [-0.39, 0.29) is 6.04 Å². The Morgan fingerprint density at radius 2 is 1.85 bits per heavy atom. The van der Waals surface area contributed by atoms with E-state index in [9.17, 15) is 8.42 Å². The smallest absolute Gasteiger partial charge is 0.208 e. The number of hydrogen-bond acceptors (Lipinski definition) is 2. The van der Waals surface area contributed by atoms with E-state index < -0.39 is 10.0 Å². The number of fused-ring (bicyclic) bond motifs is 1. The maximum atomic E-state index is 12.5. The number of benzene rings is 2. The van der Waals surface area contributed by atoms with Crippen LogP contribution in [0.3, 0.4) is 0 Å². The molecule has 2 aromatic rings. The molecule has 20 heavy (non-hydrogen) atoms. The van der Waals surface area contributed by atoms with E-state index in [0.717, 1.165) is 17.2 Å². The molecule has 0 aliphatic carbocycles. The zero-order valence-electron chi connectivity index (χ0n) is 11.3. The van der Waals surface area contributed by atoms with Gasteiger partial charge in [-0.15, -0.1) is 11.6 Å². The Kier molecular flexibility index (Phi) is 5.02. The monoisotopic (exact) mass is 311 g/mol. The van der Waals surface area contributed by atoms with Crippen molar-refractivity contribution in [3.05, 3.63) is 42.5 Å². The van der Waals surface area contributed by atoms with Gasteiger partial charge in [-0.3, -0.25) is 0 Å². The molecule has 0 aliphatic heterocycles. The third-order valence-electron chi connectivity index (χ3n) is 3.31. The molecule has 1 unspecified atom stereocenters. The first-order valence-corrected chi connectivity index (χ1v) is 8.66. The fraction of sp³-hybridized carbons (Fsp3) is 0.333. The van der Waals surface area contributed by atoms with Crippen LogP contribution in [0.4, 0.5) is 0 Å². The van der Waals surface area contributed by atoms with Crippen LogP contribution in [0, 0.1) is 0 Å². The summed E-state index contributed by atoms with van der Waals surface area (Å²) in [6.07, 6.45) is 1.35. The maximum absolute atomic E-state index is 12.5. The van der Waals surface area contributed by atoms with Crippen LogP contribution in [0.2, 0.25) is 0 Å². The van der Waals surface area contributed by atoms with E-state index >= 15 is 0 Å². The summed E-state index contributed by atoms with van der Waals surface area (Å²) in [5.41, 5.74) is 0. The van der Waals surface area contributed by atoms with Gasteiger partial charge in [0.15, 0.2) is 0 Å². The normalized spacial score (nSPS) is 13.5. The van der Waals surface area contributed by atoms with Crippen LogP contribution in [0.1, 0.15) is 19.8 Å². The molecule has 0 saturated heterocycles. The summed E-state index contributed by atoms with van der Waals surface area (Å²) < 4.78 is 27.8. The van der Waals surface area contributed by atoms with Gasteiger partial charge in [0.05, 0.1) is 4.90 Å². The van der Waals surface area contributed by atoms with Crippen molar-refractivity contribution in [3.8, 4) is 0 Å². The minimum Gasteiger partial charge on any atom is -0.208 e. The Hall–Kier alpha value is -1.10. The number of hydrogen-bond donors (Lipinski definition) is 1. The van der Waals surface area contributed by atoms with Crippen molar-refractivity contribution in [2.75, 3.05) is 5.88 Å². The molecule has 0 spiro atoms. The van der Waals surface area contributed by atoms with Crippen molar-refractivity contribution in [3.63, 3.8) is 0 Å². The number of nitrogens with one attached hydrogen (secondary N) is 1. The van der Waals surface area contributed by atoms with Crippen molar-refractivity contribution in [2.24, 2.45) is 0 Å². The minimum absolute atomic E-state index is 0.128. The van der Waals surface area contributed by atoms with E-state index in [1.54, 1.807) is 12.1 Å². The second-order valence-corrected chi connectivity index (χ2v) is 6.74. The quantitative estimate of drug-likeness (QED) is 0.830. The lowest BCUT2D eigenvalue weighted by atomic mass is 10.1. The molecule has 0 aromatic heterocycles. The third-order valence-corrected chi connectivity index (χ3v) is 5.11. The minimum atomic E-state index is -3.53. The average molecular weight is 312 g/mol. The SMILES string of the molecule is CCC(CCCl)NS(=O)(=O)c1cccc2ccccc12. The highest BCUT2D eigenvalue weighted by Crippen LogP contribution is 2.23. The molecule has 2 aromatic carbocycles. The van der Waals surface area contributed by atoms with Crippen LogP contribution in [0.15, 0.2) is 47.4 Å². The predicted molar refractivity (Wildman–Crippen MR) is 83.7 cm³/mol.